The van der Waals surface area contributed by atoms with Gasteiger partial charge in [0.25, 0.3) is 11.5 Å². The number of fused-ring (bicyclic) bond motifs is 1. The molecule has 0 bridgehead atoms. The number of aromatic amines is 1. The number of halogens is 3. The highest BCUT2D eigenvalue weighted by Crippen LogP contribution is 2.34. The topological polar surface area (TPSA) is 88.2 Å². The van der Waals surface area contributed by atoms with Crippen LogP contribution < -0.4 is 10.3 Å². The number of nitrogens with one attached hydrogen (secondary N) is 1. The van der Waals surface area contributed by atoms with Crippen LogP contribution in [0.5, 0.6) is 5.88 Å². The zero-order valence-corrected chi connectivity index (χ0v) is 19.1. The minimum Gasteiger partial charge on any atom is -0.473 e. The Hall–Kier alpha value is -3.43. The van der Waals surface area contributed by atoms with Gasteiger partial charge >= 0.3 is 6.18 Å². The van der Waals surface area contributed by atoms with Crippen LogP contribution in [0.1, 0.15) is 47.6 Å². The van der Waals surface area contributed by atoms with Crippen molar-refractivity contribution in [1.82, 2.24) is 19.9 Å². The number of pyridine rings is 1. The Morgan fingerprint density at radius 2 is 1.91 bits per heavy atom. The molecule has 1 N–H and O–H groups in total. The van der Waals surface area contributed by atoms with Gasteiger partial charge in [-0.2, -0.15) is 13.2 Å². The highest BCUT2D eigenvalue weighted by molar-refractivity contribution is 5.94. The van der Waals surface area contributed by atoms with Crippen molar-refractivity contribution in [2.45, 2.75) is 40.0 Å². The van der Waals surface area contributed by atoms with Crippen molar-refractivity contribution >= 4 is 16.8 Å². The number of hydrogen-bond donors (Lipinski definition) is 1. The second-order valence-corrected chi connectivity index (χ2v) is 9.01. The smallest absolute Gasteiger partial charge is 0.416 e. The number of carbonyl (C=O) groups is 1. The lowest BCUT2D eigenvalue weighted by atomic mass is 9.91. The predicted molar refractivity (Wildman–Crippen MR) is 120 cm³/mol. The van der Waals surface area contributed by atoms with Gasteiger partial charge in [0.1, 0.15) is 12.4 Å². The first-order valence-electron chi connectivity index (χ1n) is 11.0. The van der Waals surface area contributed by atoms with Crippen LogP contribution in [0.25, 0.3) is 10.9 Å². The molecule has 1 aliphatic rings. The van der Waals surface area contributed by atoms with Crippen LogP contribution in [0, 0.1) is 18.8 Å². The Bertz CT molecular complexity index is 1260. The van der Waals surface area contributed by atoms with Gasteiger partial charge in [0.05, 0.1) is 22.0 Å². The van der Waals surface area contributed by atoms with Crippen molar-refractivity contribution in [2.75, 3.05) is 13.1 Å². The van der Waals surface area contributed by atoms with Gasteiger partial charge in [0.2, 0.25) is 5.88 Å². The molecule has 3 heterocycles. The molecule has 1 amide bonds. The lowest BCUT2D eigenvalue weighted by Crippen LogP contribution is -2.42. The SMILES string of the molecule is Cc1nc2cc(C(F)(F)F)c(COc3ccc(C(=O)N4CC(C)CC(C)C4)cn3)cc2c(=O)[nH]1. The number of likely N-dealkylation sites (tertiary alicyclic amines) is 1. The summed E-state index contributed by atoms with van der Waals surface area (Å²) in [7, 11) is 0. The van der Waals surface area contributed by atoms with Crippen LogP contribution in [-0.2, 0) is 12.8 Å². The molecule has 7 nitrogen and oxygen atoms in total. The van der Waals surface area contributed by atoms with E-state index in [4.69, 9.17) is 4.74 Å². The normalized spacial score (nSPS) is 18.8. The Labute approximate surface area is 194 Å². The zero-order valence-electron chi connectivity index (χ0n) is 19.1. The number of hydrogen-bond acceptors (Lipinski definition) is 5. The third kappa shape index (κ3) is 5.05. The van der Waals surface area contributed by atoms with Gasteiger partial charge in [-0.25, -0.2) is 9.97 Å². The van der Waals surface area contributed by atoms with Crippen LogP contribution in [0.15, 0.2) is 35.3 Å². The second-order valence-electron chi connectivity index (χ2n) is 9.01. The number of aryl methyl sites for hydroxylation is 1. The number of aromatic nitrogens is 3. The minimum atomic E-state index is -4.66. The molecule has 4 rings (SSSR count). The number of benzene rings is 1. The molecule has 0 spiro atoms. The maximum absolute atomic E-state index is 13.6. The number of piperidine rings is 1. The Balaban J connectivity index is 1.53. The highest BCUT2D eigenvalue weighted by atomic mass is 19.4. The summed E-state index contributed by atoms with van der Waals surface area (Å²) in [6.07, 6.45) is -2.22. The predicted octanol–water partition coefficient (Wildman–Crippen LogP) is 4.34. The van der Waals surface area contributed by atoms with Gasteiger partial charge in [-0.15, -0.1) is 0 Å². The monoisotopic (exact) mass is 474 g/mol. The summed E-state index contributed by atoms with van der Waals surface area (Å²) in [4.78, 5) is 37.4. The molecule has 1 aromatic carbocycles. The van der Waals surface area contributed by atoms with E-state index in [1.807, 2.05) is 0 Å². The molecular weight excluding hydrogens is 449 g/mol. The minimum absolute atomic E-state index is 0.0380. The summed E-state index contributed by atoms with van der Waals surface area (Å²) < 4.78 is 46.4. The molecule has 0 aliphatic carbocycles. The van der Waals surface area contributed by atoms with E-state index in [0.29, 0.717) is 30.5 Å². The van der Waals surface area contributed by atoms with Gasteiger partial charge in [-0.05, 0) is 43.4 Å². The van der Waals surface area contributed by atoms with Crippen molar-refractivity contribution in [3.05, 3.63) is 63.3 Å². The highest BCUT2D eigenvalue weighted by Gasteiger charge is 2.34. The zero-order chi connectivity index (χ0) is 24.6. The summed E-state index contributed by atoms with van der Waals surface area (Å²) >= 11 is 0. The summed E-state index contributed by atoms with van der Waals surface area (Å²) in [5, 5.41) is 0.0380. The molecule has 2 unspecified atom stereocenters. The lowest BCUT2D eigenvalue weighted by Gasteiger charge is -2.35. The number of H-pyrrole nitrogens is 1. The van der Waals surface area contributed by atoms with Crippen molar-refractivity contribution in [1.29, 1.82) is 0 Å². The van der Waals surface area contributed by atoms with Crippen molar-refractivity contribution < 1.29 is 22.7 Å². The third-order valence-electron chi connectivity index (χ3n) is 5.87. The average Bonchev–Trinajstić information content (AvgIpc) is 2.76. The van der Waals surface area contributed by atoms with Crippen molar-refractivity contribution in [3.8, 4) is 5.88 Å². The maximum atomic E-state index is 13.6. The first-order chi connectivity index (χ1) is 16.0. The van der Waals surface area contributed by atoms with E-state index >= 15 is 0 Å². The standard InChI is InChI=1S/C24H25F3N4O3/c1-13-6-14(2)11-31(10-13)23(33)16-4-5-21(28-9-16)34-12-17-7-18-20(8-19(17)24(25,26)27)29-15(3)30-22(18)32/h4-5,7-9,13-14H,6,10-12H2,1-3H3,(H,29,30,32). The number of ether oxygens (including phenoxy) is 1. The van der Waals surface area contributed by atoms with Crippen LogP contribution in [-0.4, -0.2) is 38.8 Å². The quantitative estimate of drug-likeness (QED) is 0.608. The van der Waals surface area contributed by atoms with Crippen LogP contribution in [0.4, 0.5) is 13.2 Å². The first-order valence-corrected chi connectivity index (χ1v) is 11.0. The summed E-state index contributed by atoms with van der Waals surface area (Å²) in [5.41, 5.74) is -1.32. The fourth-order valence-corrected chi connectivity index (χ4v) is 4.49. The number of carbonyl (C=O) groups excluding carboxylic acids is 1. The van der Waals surface area contributed by atoms with Crippen LogP contribution in [0.3, 0.4) is 0 Å². The molecular formula is C24H25F3N4O3. The molecule has 3 aromatic rings. The lowest BCUT2D eigenvalue weighted by molar-refractivity contribution is -0.138. The van der Waals surface area contributed by atoms with Crippen LogP contribution >= 0.6 is 0 Å². The summed E-state index contributed by atoms with van der Waals surface area (Å²) in [6.45, 7) is 6.61. The number of alkyl halides is 3. The largest absolute Gasteiger partial charge is 0.473 e. The third-order valence-corrected chi connectivity index (χ3v) is 5.87. The van der Waals surface area contributed by atoms with Gasteiger partial charge in [-0.1, -0.05) is 13.8 Å². The Kier molecular flexibility index (Phi) is 6.33. The number of rotatable bonds is 4. The number of amides is 1. The summed E-state index contributed by atoms with van der Waals surface area (Å²) in [6, 6.07) is 5.00. The molecule has 10 heteroatoms. The van der Waals surface area contributed by atoms with E-state index < -0.39 is 23.9 Å². The molecule has 0 saturated carbocycles. The molecule has 0 radical (unpaired) electrons. The van der Waals surface area contributed by atoms with E-state index in [0.717, 1.165) is 18.6 Å². The van der Waals surface area contributed by atoms with Gasteiger partial charge < -0.3 is 14.6 Å². The van der Waals surface area contributed by atoms with E-state index in [2.05, 4.69) is 28.8 Å². The fraction of sp³-hybridized carbons (Fsp3) is 0.417. The van der Waals surface area contributed by atoms with Gasteiger partial charge in [-0.3, -0.25) is 9.59 Å². The molecule has 180 valence electrons. The molecule has 2 atom stereocenters. The molecule has 2 aromatic heterocycles. The number of nitrogens with zero attached hydrogens (tertiary/aromatic N) is 3. The fourth-order valence-electron chi connectivity index (χ4n) is 4.49. The molecule has 1 fully saturated rings. The van der Waals surface area contributed by atoms with E-state index in [1.165, 1.54) is 19.2 Å². The molecule has 34 heavy (non-hydrogen) atoms. The Morgan fingerprint density at radius 1 is 1.21 bits per heavy atom. The van der Waals surface area contributed by atoms with Crippen molar-refractivity contribution in [2.24, 2.45) is 11.8 Å². The average molecular weight is 474 g/mol. The second kappa shape index (κ2) is 9.08. The van der Waals surface area contributed by atoms with E-state index in [-0.39, 0.29) is 34.1 Å². The van der Waals surface area contributed by atoms with E-state index in [9.17, 15) is 22.8 Å². The molecule has 1 aliphatic heterocycles. The van der Waals surface area contributed by atoms with Gasteiger partial charge in [0.15, 0.2) is 0 Å². The van der Waals surface area contributed by atoms with Gasteiger partial charge in [0, 0.05) is 30.9 Å². The Morgan fingerprint density at radius 3 is 2.53 bits per heavy atom. The van der Waals surface area contributed by atoms with E-state index in [1.54, 1.807) is 11.0 Å². The summed E-state index contributed by atoms with van der Waals surface area (Å²) in [5.74, 6) is 0.996. The molecule has 1 saturated heterocycles. The van der Waals surface area contributed by atoms with Crippen molar-refractivity contribution in [3.63, 3.8) is 0 Å². The first kappa shape index (κ1) is 23.7. The maximum Gasteiger partial charge on any atom is 0.416 e. The van der Waals surface area contributed by atoms with Crippen LogP contribution in [0.2, 0.25) is 0 Å².